The van der Waals surface area contributed by atoms with Crippen LogP contribution in [-0.2, 0) is 0 Å². The molecule has 3 atom stereocenters. The molecule has 0 radical (unpaired) electrons. The fourth-order valence-corrected chi connectivity index (χ4v) is 2.86. The summed E-state index contributed by atoms with van der Waals surface area (Å²) in [7, 11) is 2.23. The molecule has 18 heavy (non-hydrogen) atoms. The Morgan fingerprint density at radius 1 is 1.11 bits per heavy atom. The Balaban J connectivity index is 2.35. The van der Waals surface area contributed by atoms with Crippen LogP contribution in [0.2, 0.25) is 0 Å². The van der Waals surface area contributed by atoms with Gasteiger partial charge in [0.15, 0.2) is 0 Å². The standard InChI is InChI=1S/C15H33N3/c1-12(2)9-16-10-13(3)15(5)18-8-7-17(6)11-14(18)4/h12-16H,7-11H2,1-6H3. The highest BCUT2D eigenvalue weighted by molar-refractivity contribution is 4.84. The summed E-state index contributed by atoms with van der Waals surface area (Å²) in [5.41, 5.74) is 0. The van der Waals surface area contributed by atoms with Gasteiger partial charge in [0.2, 0.25) is 0 Å². The van der Waals surface area contributed by atoms with E-state index in [2.05, 4.69) is 56.8 Å². The summed E-state index contributed by atoms with van der Waals surface area (Å²) < 4.78 is 0. The average Bonchev–Trinajstić information content (AvgIpc) is 2.27. The number of likely N-dealkylation sites (N-methyl/N-ethyl adjacent to an activating group) is 1. The van der Waals surface area contributed by atoms with Gasteiger partial charge in [-0.05, 0) is 45.8 Å². The molecular formula is C15H33N3. The molecule has 1 aliphatic heterocycles. The first-order valence-electron chi connectivity index (χ1n) is 7.56. The van der Waals surface area contributed by atoms with Crippen molar-refractivity contribution < 1.29 is 0 Å². The topological polar surface area (TPSA) is 18.5 Å². The van der Waals surface area contributed by atoms with Crippen LogP contribution in [0.25, 0.3) is 0 Å². The van der Waals surface area contributed by atoms with Crippen molar-refractivity contribution in [2.45, 2.75) is 46.7 Å². The molecule has 0 aromatic heterocycles. The first kappa shape index (κ1) is 15.9. The lowest BCUT2D eigenvalue weighted by molar-refractivity contribution is 0.0469. The van der Waals surface area contributed by atoms with Crippen LogP contribution in [0.1, 0.15) is 34.6 Å². The summed E-state index contributed by atoms with van der Waals surface area (Å²) in [5, 5.41) is 3.59. The predicted octanol–water partition coefficient (Wildman–Crippen LogP) is 1.89. The van der Waals surface area contributed by atoms with E-state index in [0.29, 0.717) is 12.1 Å². The van der Waals surface area contributed by atoms with Gasteiger partial charge in [0.25, 0.3) is 0 Å². The van der Waals surface area contributed by atoms with Crippen molar-refractivity contribution in [3.05, 3.63) is 0 Å². The third-order valence-electron chi connectivity index (χ3n) is 4.25. The zero-order chi connectivity index (χ0) is 13.7. The zero-order valence-corrected chi connectivity index (χ0v) is 13.2. The third-order valence-corrected chi connectivity index (χ3v) is 4.25. The van der Waals surface area contributed by atoms with Crippen LogP contribution in [0.3, 0.4) is 0 Å². The number of nitrogens with zero attached hydrogens (tertiary/aromatic N) is 2. The summed E-state index contributed by atoms with van der Waals surface area (Å²) in [6, 6.07) is 1.36. The lowest BCUT2D eigenvalue weighted by Gasteiger charge is -2.43. The Hall–Kier alpha value is -0.120. The molecular weight excluding hydrogens is 222 g/mol. The zero-order valence-electron chi connectivity index (χ0n) is 13.2. The van der Waals surface area contributed by atoms with Gasteiger partial charge in [0, 0.05) is 31.7 Å². The van der Waals surface area contributed by atoms with Crippen LogP contribution >= 0.6 is 0 Å². The van der Waals surface area contributed by atoms with Gasteiger partial charge in [0.05, 0.1) is 0 Å². The number of piperazine rings is 1. The summed E-state index contributed by atoms with van der Waals surface area (Å²) in [5.74, 6) is 1.46. The minimum absolute atomic E-state index is 0.674. The van der Waals surface area contributed by atoms with Crippen LogP contribution in [0.4, 0.5) is 0 Å². The Kier molecular flexibility index (Phi) is 6.61. The SMILES string of the molecule is CC(C)CNCC(C)C(C)N1CCN(C)CC1C. The highest BCUT2D eigenvalue weighted by Crippen LogP contribution is 2.17. The fraction of sp³-hybridized carbons (Fsp3) is 1.00. The average molecular weight is 255 g/mol. The van der Waals surface area contributed by atoms with E-state index < -0.39 is 0 Å². The van der Waals surface area contributed by atoms with Gasteiger partial charge in [-0.3, -0.25) is 4.90 Å². The van der Waals surface area contributed by atoms with Gasteiger partial charge >= 0.3 is 0 Å². The largest absolute Gasteiger partial charge is 0.316 e. The van der Waals surface area contributed by atoms with E-state index in [-0.39, 0.29) is 0 Å². The van der Waals surface area contributed by atoms with Crippen LogP contribution in [0.15, 0.2) is 0 Å². The second-order valence-corrected chi connectivity index (χ2v) is 6.62. The highest BCUT2D eigenvalue weighted by atomic mass is 15.3. The number of hydrogen-bond donors (Lipinski definition) is 1. The quantitative estimate of drug-likeness (QED) is 0.782. The van der Waals surface area contributed by atoms with Crippen molar-refractivity contribution in [2.75, 3.05) is 39.8 Å². The van der Waals surface area contributed by atoms with E-state index in [1.165, 1.54) is 19.6 Å². The Bertz CT molecular complexity index is 230. The number of nitrogens with one attached hydrogen (secondary N) is 1. The highest BCUT2D eigenvalue weighted by Gasteiger charge is 2.28. The summed E-state index contributed by atoms with van der Waals surface area (Å²) in [6.07, 6.45) is 0. The van der Waals surface area contributed by atoms with E-state index >= 15 is 0 Å². The van der Waals surface area contributed by atoms with Crippen molar-refractivity contribution in [3.8, 4) is 0 Å². The smallest absolute Gasteiger partial charge is 0.0198 e. The van der Waals surface area contributed by atoms with Crippen molar-refractivity contribution in [1.82, 2.24) is 15.1 Å². The van der Waals surface area contributed by atoms with E-state index in [9.17, 15) is 0 Å². The number of rotatable bonds is 6. The molecule has 0 amide bonds. The van der Waals surface area contributed by atoms with Gasteiger partial charge in [0.1, 0.15) is 0 Å². The molecule has 108 valence electrons. The molecule has 0 aliphatic carbocycles. The van der Waals surface area contributed by atoms with E-state index in [4.69, 9.17) is 0 Å². The molecule has 0 spiro atoms. The summed E-state index contributed by atoms with van der Waals surface area (Å²) >= 11 is 0. The third kappa shape index (κ3) is 4.87. The van der Waals surface area contributed by atoms with Gasteiger partial charge in [-0.25, -0.2) is 0 Å². The first-order chi connectivity index (χ1) is 8.41. The van der Waals surface area contributed by atoms with Crippen molar-refractivity contribution >= 4 is 0 Å². The molecule has 1 aliphatic rings. The predicted molar refractivity (Wildman–Crippen MR) is 80.0 cm³/mol. The maximum atomic E-state index is 3.59. The molecule has 1 heterocycles. The molecule has 3 unspecified atom stereocenters. The van der Waals surface area contributed by atoms with Gasteiger partial charge in [-0.15, -0.1) is 0 Å². The van der Waals surface area contributed by atoms with Gasteiger partial charge in [-0.1, -0.05) is 20.8 Å². The fourth-order valence-electron chi connectivity index (χ4n) is 2.86. The summed E-state index contributed by atoms with van der Waals surface area (Å²) in [6.45, 7) is 17.6. The molecule has 3 heteroatoms. The minimum Gasteiger partial charge on any atom is -0.316 e. The maximum absolute atomic E-state index is 3.59. The molecule has 0 bridgehead atoms. The second kappa shape index (κ2) is 7.46. The van der Waals surface area contributed by atoms with Crippen LogP contribution in [0.5, 0.6) is 0 Å². The second-order valence-electron chi connectivity index (χ2n) is 6.62. The Morgan fingerprint density at radius 3 is 2.33 bits per heavy atom. The maximum Gasteiger partial charge on any atom is 0.0198 e. The molecule has 0 saturated carbocycles. The lowest BCUT2D eigenvalue weighted by Crippen LogP contribution is -2.55. The molecule has 1 rings (SSSR count). The Morgan fingerprint density at radius 2 is 1.78 bits per heavy atom. The molecule has 0 aromatic carbocycles. The molecule has 1 fully saturated rings. The minimum atomic E-state index is 0.674. The van der Waals surface area contributed by atoms with E-state index in [1.54, 1.807) is 0 Å². The molecule has 0 aromatic rings. The van der Waals surface area contributed by atoms with Crippen molar-refractivity contribution in [2.24, 2.45) is 11.8 Å². The number of hydrogen-bond acceptors (Lipinski definition) is 3. The molecule has 1 N–H and O–H groups in total. The molecule has 1 saturated heterocycles. The Labute approximate surface area is 114 Å². The van der Waals surface area contributed by atoms with E-state index in [1.807, 2.05) is 0 Å². The van der Waals surface area contributed by atoms with Crippen molar-refractivity contribution in [1.29, 1.82) is 0 Å². The van der Waals surface area contributed by atoms with Crippen molar-refractivity contribution in [3.63, 3.8) is 0 Å². The monoisotopic (exact) mass is 255 g/mol. The van der Waals surface area contributed by atoms with Gasteiger partial charge < -0.3 is 10.2 Å². The van der Waals surface area contributed by atoms with E-state index in [0.717, 1.165) is 24.9 Å². The molecule has 3 nitrogen and oxygen atoms in total. The van der Waals surface area contributed by atoms with Crippen LogP contribution in [-0.4, -0.2) is 61.7 Å². The first-order valence-corrected chi connectivity index (χ1v) is 7.56. The summed E-state index contributed by atoms with van der Waals surface area (Å²) in [4.78, 5) is 5.12. The lowest BCUT2D eigenvalue weighted by atomic mass is 9.99. The van der Waals surface area contributed by atoms with Gasteiger partial charge in [-0.2, -0.15) is 0 Å². The van der Waals surface area contributed by atoms with Crippen LogP contribution < -0.4 is 5.32 Å². The van der Waals surface area contributed by atoms with Crippen LogP contribution in [0, 0.1) is 11.8 Å². The normalized spacial score (nSPS) is 26.5.